The molecule has 1 saturated heterocycles. The van der Waals surface area contributed by atoms with E-state index in [0.29, 0.717) is 41.2 Å². The molecule has 6 rings (SSSR count). The number of ether oxygens (including phenoxy) is 1. The van der Waals surface area contributed by atoms with E-state index in [9.17, 15) is 22.4 Å². The van der Waals surface area contributed by atoms with Crippen molar-refractivity contribution in [2.45, 2.75) is 38.1 Å². The summed E-state index contributed by atoms with van der Waals surface area (Å²) in [5.41, 5.74) is 7.34. The summed E-state index contributed by atoms with van der Waals surface area (Å²) in [5.74, 6) is -1.60. The van der Waals surface area contributed by atoms with Crippen molar-refractivity contribution < 1.29 is 27.1 Å². The largest absolute Gasteiger partial charge is 0.490 e. The summed E-state index contributed by atoms with van der Waals surface area (Å²) in [7, 11) is 0. The number of aryl methyl sites for hydroxylation is 1. The second-order valence-electron chi connectivity index (χ2n) is 8.75. The van der Waals surface area contributed by atoms with Crippen molar-refractivity contribution in [2.24, 2.45) is 0 Å². The number of anilines is 1. The summed E-state index contributed by atoms with van der Waals surface area (Å²) in [4.78, 5) is 27.9. The summed E-state index contributed by atoms with van der Waals surface area (Å²) < 4.78 is 61.5. The average molecular weight is 486 g/mol. The minimum absolute atomic E-state index is 0.0563. The molecule has 8 nitrogen and oxygen atoms in total. The van der Waals surface area contributed by atoms with E-state index in [1.165, 1.54) is 11.1 Å². The van der Waals surface area contributed by atoms with E-state index in [2.05, 4.69) is 15.0 Å². The van der Waals surface area contributed by atoms with Crippen LogP contribution in [-0.2, 0) is 6.18 Å². The third-order valence-corrected chi connectivity index (χ3v) is 6.65. The van der Waals surface area contributed by atoms with E-state index in [1.807, 2.05) is 0 Å². The summed E-state index contributed by atoms with van der Waals surface area (Å²) in [6.45, 7) is 2.08. The molecule has 2 N–H and O–H groups in total. The van der Waals surface area contributed by atoms with Crippen molar-refractivity contribution in [1.82, 2.24) is 24.3 Å². The Morgan fingerprint density at radius 1 is 1.23 bits per heavy atom. The van der Waals surface area contributed by atoms with Crippen molar-refractivity contribution in [3.63, 3.8) is 0 Å². The highest BCUT2D eigenvalue weighted by Crippen LogP contribution is 2.46. The Morgan fingerprint density at radius 2 is 2.03 bits per heavy atom. The number of pyridine rings is 1. The molecule has 2 atom stereocenters. The van der Waals surface area contributed by atoms with Crippen LogP contribution in [0.1, 0.15) is 46.2 Å². The predicted molar refractivity (Wildman–Crippen MR) is 116 cm³/mol. The number of hydrogen-bond donors (Lipinski definition) is 1. The van der Waals surface area contributed by atoms with Crippen LogP contribution in [0.2, 0.25) is 0 Å². The zero-order valence-electron chi connectivity index (χ0n) is 18.3. The number of benzene rings is 1. The second-order valence-corrected chi connectivity index (χ2v) is 8.75. The highest BCUT2D eigenvalue weighted by atomic mass is 19.4. The number of nitrogen functional groups attached to an aromatic ring is 1. The van der Waals surface area contributed by atoms with E-state index in [0.717, 1.165) is 6.07 Å². The quantitative estimate of drug-likeness (QED) is 0.408. The topological polar surface area (TPSA) is 98.6 Å². The molecule has 180 valence electrons. The maximum absolute atomic E-state index is 14.4. The molecule has 2 aliphatic heterocycles. The molecule has 0 aliphatic carbocycles. The average Bonchev–Trinajstić information content (AvgIpc) is 3.21. The molecule has 0 unspecified atom stereocenters. The van der Waals surface area contributed by atoms with Gasteiger partial charge < -0.3 is 15.4 Å². The fourth-order valence-corrected chi connectivity index (χ4v) is 5.00. The van der Waals surface area contributed by atoms with Gasteiger partial charge in [-0.05, 0) is 25.1 Å². The number of fused-ring (bicyclic) bond motifs is 7. The van der Waals surface area contributed by atoms with Gasteiger partial charge in [-0.2, -0.15) is 13.2 Å². The number of likely N-dealkylation sites (tertiary alicyclic amines) is 1. The highest BCUT2D eigenvalue weighted by Gasteiger charge is 2.42. The molecule has 0 spiro atoms. The van der Waals surface area contributed by atoms with Gasteiger partial charge in [0.05, 0.1) is 29.0 Å². The number of aromatic nitrogens is 4. The summed E-state index contributed by atoms with van der Waals surface area (Å²) in [6, 6.07) is 2.44. The minimum atomic E-state index is -4.85. The van der Waals surface area contributed by atoms with Crippen LogP contribution in [0.15, 0.2) is 30.7 Å². The van der Waals surface area contributed by atoms with Gasteiger partial charge in [0, 0.05) is 24.9 Å². The van der Waals surface area contributed by atoms with Crippen molar-refractivity contribution in [2.75, 3.05) is 12.3 Å². The molecule has 5 heterocycles. The monoisotopic (exact) mass is 486 g/mol. The van der Waals surface area contributed by atoms with Crippen molar-refractivity contribution in [1.29, 1.82) is 0 Å². The van der Waals surface area contributed by atoms with E-state index >= 15 is 0 Å². The first kappa shape index (κ1) is 21.6. The number of piperidine rings is 1. The van der Waals surface area contributed by atoms with E-state index < -0.39 is 29.5 Å². The van der Waals surface area contributed by atoms with Crippen molar-refractivity contribution >= 4 is 28.3 Å². The molecule has 0 radical (unpaired) electrons. The SMILES string of the molecule is Cc1ncn2c1c(N)nc1cnc(C(=O)N3CC[C@H]4C[C@@H]3c3cc(F)c(C(F)(F)F)cc3O4)cc12. The number of imidazole rings is 1. The number of carbonyl (C=O) groups is 1. The number of nitrogens with zero attached hydrogens (tertiary/aromatic N) is 5. The highest BCUT2D eigenvalue weighted by molar-refractivity contribution is 5.96. The van der Waals surface area contributed by atoms with E-state index in [-0.39, 0.29) is 35.5 Å². The molecule has 1 amide bonds. The van der Waals surface area contributed by atoms with Gasteiger partial charge in [0.15, 0.2) is 5.82 Å². The summed E-state index contributed by atoms with van der Waals surface area (Å²) in [6.07, 6.45) is -1.42. The number of hydrogen-bond acceptors (Lipinski definition) is 6. The first-order valence-corrected chi connectivity index (χ1v) is 10.9. The normalized spacial score (nSPS) is 19.6. The van der Waals surface area contributed by atoms with Gasteiger partial charge in [-0.25, -0.2) is 19.3 Å². The van der Waals surface area contributed by atoms with E-state index in [4.69, 9.17) is 10.5 Å². The molecule has 35 heavy (non-hydrogen) atoms. The van der Waals surface area contributed by atoms with Crippen molar-refractivity contribution in [3.05, 3.63) is 59.1 Å². The number of carbonyl (C=O) groups excluding carboxylic acids is 1. The Kier molecular flexibility index (Phi) is 4.48. The van der Waals surface area contributed by atoms with E-state index in [1.54, 1.807) is 23.7 Å². The van der Waals surface area contributed by atoms with Crippen LogP contribution in [0.3, 0.4) is 0 Å². The van der Waals surface area contributed by atoms with Gasteiger partial charge >= 0.3 is 6.18 Å². The van der Waals surface area contributed by atoms with Crippen LogP contribution in [0, 0.1) is 12.7 Å². The third-order valence-electron chi connectivity index (χ3n) is 6.65. The van der Waals surface area contributed by atoms with Crippen LogP contribution in [-0.4, -0.2) is 42.8 Å². The fraction of sp³-hybridized carbons (Fsp3) is 0.304. The molecule has 3 aromatic heterocycles. The number of rotatable bonds is 1. The lowest BCUT2D eigenvalue weighted by Crippen LogP contribution is -2.46. The molecule has 4 aromatic rings. The zero-order valence-corrected chi connectivity index (χ0v) is 18.3. The Balaban J connectivity index is 1.42. The maximum atomic E-state index is 14.4. The number of halogens is 4. The van der Waals surface area contributed by atoms with Gasteiger partial charge in [0.2, 0.25) is 0 Å². The molecular formula is C23H18F4N6O2. The number of alkyl halides is 3. The van der Waals surface area contributed by atoms with Crippen LogP contribution >= 0.6 is 0 Å². The van der Waals surface area contributed by atoms with Crippen LogP contribution in [0.25, 0.3) is 16.6 Å². The Bertz CT molecular complexity index is 1530. The summed E-state index contributed by atoms with van der Waals surface area (Å²) in [5, 5.41) is 0. The Hall–Kier alpha value is -3.96. The van der Waals surface area contributed by atoms with Crippen LogP contribution in [0.4, 0.5) is 23.4 Å². The number of amides is 1. The fourth-order valence-electron chi connectivity index (χ4n) is 5.00. The van der Waals surface area contributed by atoms with Gasteiger partial charge in [-0.1, -0.05) is 0 Å². The molecule has 0 saturated carbocycles. The maximum Gasteiger partial charge on any atom is 0.419 e. The zero-order chi connectivity index (χ0) is 24.6. The lowest BCUT2D eigenvalue weighted by Gasteiger charge is -2.44. The lowest BCUT2D eigenvalue weighted by molar-refractivity contribution is -0.140. The Morgan fingerprint density at radius 3 is 2.80 bits per heavy atom. The Labute approximate surface area is 195 Å². The molecule has 1 aromatic carbocycles. The molecular weight excluding hydrogens is 468 g/mol. The van der Waals surface area contributed by atoms with Crippen LogP contribution in [0.5, 0.6) is 5.75 Å². The molecule has 2 aliphatic rings. The molecule has 1 fully saturated rings. The first-order valence-electron chi connectivity index (χ1n) is 10.9. The van der Waals surface area contributed by atoms with Crippen LogP contribution < -0.4 is 10.5 Å². The standard InChI is InChI=1S/C23H18F4N6O2/c1-10-20-21(28)31-16-8-29-15(7-18(16)33(20)9-30-10)22(34)32-3-2-11-4-17(32)12-5-14(24)13(23(25,26)27)6-19(12)35-11/h5-9,11,17H,2-4H2,1H3,(H2,28,31)/t11-,17+/m0/s1. The smallest absolute Gasteiger partial charge is 0.419 e. The molecule has 12 heteroatoms. The predicted octanol–water partition coefficient (Wildman–Crippen LogP) is 4.06. The first-order chi connectivity index (χ1) is 16.6. The molecule has 2 bridgehead atoms. The minimum Gasteiger partial charge on any atom is -0.490 e. The number of nitrogens with two attached hydrogens (primary N) is 1. The van der Waals surface area contributed by atoms with Gasteiger partial charge in [0.1, 0.15) is 40.7 Å². The third kappa shape index (κ3) is 3.27. The van der Waals surface area contributed by atoms with Gasteiger partial charge in [-0.15, -0.1) is 0 Å². The van der Waals surface area contributed by atoms with Gasteiger partial charge in [0.25, 0.3) is 5.91 Å². The second kappa shape index (κ2) is 7.27. The van der Waals surface area contributed by atoms with Gasteiger partial charge in [-0.3, -0.25) is 9.20 Å². The lowest BCUT2D eigenvalue weighted by atomic mass is 9.88. The van der Waals surface area contributed by atoms with Crippen molar-refractivity contribution in [3.8, 4) is 5.75 Å². The summed E-state index contributed by atoms with van der Waals surface area (Å²) >= 11 is 0.